The molecule has 0 unspecified atom stereocenters. The second-order valence-electron chi connectivity index (χ2n) is 6.43. The van der Waals surface area contributed by atoms with Crippen LogP contribution in [0.25, 0.3) is 11.4 Å². The highest BCUT2D eigenvalue weighted by molar-refractivity contribution is 5.93. The van der Waals surface area contributed by atoms with Crippen molar-refractivity contribution in [1.29, 1.82) is 0 Å². The van der Waals surface area contributed by atoms with Crippen LogP contribution < -0.4 is 10.6 Å². The Morgan fingerprint density at radius 1 is 1.00 bits per heavy atom. The molecular weight excluding hydrogens is 336 g/mol. The van der Waals surface area contributed by atoms with Crippen molar-refractivity contribution in [2.24, 2.45) is 0 Å². The van der Waals surface area contributed by atoms with E-state index in [1.807, 2.05) is 43.3 Å². The van der Waals surface area contributed by atoms with Gasteiger partial charge in [0.2, 0.25) is 0 Å². The van der Waals surface area contributed by atoms with Crippen molar-refractivity contribution in [3.8, 4) is 11.4 Å². The van der Waals surface area contributed by atoms with E-state index in [0.29, 0.717) is 30.4 Å². The second-order valence-corrected chi connectivity index (χ2v) is 6.43. The fourth-order valence-electron chi connectivity index (χ4n) is 2.71. The third-order valence-electron chi connectivity index (χ3n) is 4.08. The lowest BCUT2D eigenvalue weighted by atomic mass is 10.1. The zero-order chi connectivity index (χ0) is 19.1. The number of carbonyl (C=O) groups excluding carboxylic acids is 1. The number of rotatable bonds is 7. The van der Waals surface area contributed by atoms with Gasteiger partial charge in [0.1, 0.15) is 11.5 Å². The van der Waals surface area contributed by atoms with Gasteiger partial charge in [-0.2, -0.15) is 0 Å². The highest BCUT2D eigenvalue weighted by Gasteiger charge is 2.12. The summed E-state index contributed by atoms with van der Waals surface area (Å²) < 4.78 is 0. The molecule has 0 aliphatic carbocycles. The minimum absolute atomic E-state index is 0.185. The van der Waals surface area contributed by atoms with Gasteiger partial charge in [-0.1, -0.05) is 67.1 Å². The molecule has 0 radical (unpaired) electrons. The van der Waals surface area contributed by atoms with E-state index in [4.69, 9.17) is 0 Å². The smallest absolute Gasteiger partial charge is 0.270 e. The molecule has 0 saturated heterocycles. The van der Waals surface area contributed by atoms with Crippen molar-refractivity contribution in [3.63, 3.8) is 0 Å². The topological polar surface area (TPSA) is 66.9 Å². The fourth-order valence-corrected chi connectivity index (χ4v) is 2.71. The molecule has 2 aromatic carbocycles. The monoisotopic (exact) mass is 360 g/mol. The molecule has 2 N–H and O–H groups in total. The predicted molar refractivity (Wildman–Crippen MR) is 109 cm³/mol. The van der Waals surface area contributed by atoms with Crippen LogP contribution in [0.1, 0.15) is 35.0 Å². The molecule has 0 fully saturated rings. The van der Waals surface area contributed by atoms with Crippen molar-refractivity contribution >= 4 is 11.7 Å². The van der Waals surface area contributed by atoms with Crippen LogP contribution in [0.5, 0.6) is 0 Å². The van der Waals surface area contributed by atoms with Crippen molar-refractivity contribution in [1.82, 2.24) is 15.3 Å². The van der Waals surface area contributed by atoms with E-state index in [9.17, 15) is 4.79 Å². The summed E-state index contributed by atoms with van der Waals surface area (Å²) in [6, 6.07) is 19.7. The molecule has 5 nitrogen and oxygen atoms in total. The van der Waals surface area contributed by atoms with Gasteiger partial charge < -0.3 is 10.6 Å². The van der Waals surface area contributed by atoms with Gasteiger partial charge in [-0.25, -0.2) is 9.97 Å². The Morgan fingerprint density at radius 3 is 2.56 bits per heavy atom. The van der Waals surface area contributed by atoms with Crippen LogP contribution in [0.3, 0.4) is 0 Å². The molecular formula is C22H24N4O. The number of benzene rings is 2. The molecule has 0 spiro atoms. The Balaban J connectivity index is 1.88. The molecule has 5 heteroatoms. The summed E-state index contributed by atoms with van der Waals surface area (Å²) in [6.45, 7) is 5.33. The Labute approximate surface area is 159 Å². The van der Waals surface area contributed by atoms with Gasteiger partial charge in [-0.3, -0.25) is 4.79 Å². The van der Waals surface area contributed by atoms with Crippen molar-refractivity contribution in [3.05, 3.63) is 77.5 Å². The Hall–Kier alpha value is -3.21. The van der Waals surface area contributed by atoms with E-state index in [1.165, 1.54) is 5.56 Å². The van der Waals surface area contributed by atoms with E-state index < -0.39 is 0 Å². The maximum Gasteiger partial charge on any atom is 0.270 e. The minimum Gasteiger partial charge on any atom is -0.366 e. The Bertz CT molecular complexity index is 909. The van der Waals surface area contributed by atoms with Gasteiger partial charge in [-0.15, -0.1) is 0 Å². The average molecular weight is 360 g/mol. The lowest BCUT2D eigenvalue weighted by Gasteiger charge is -2.11. The number of anilines is 1. The van der Waals surface area contributed by atoms with Crippen molar-refractivity contribution < 1.29 is 4.79 Å². The zero-order valence-corrected chi connectivity index (χ0v) is 15.7. The van der Waals surface area contributed by atoms with E-state index in [-0.39, 0.29) is 5.91 Å². The molecule has 1 aromatic heterocycles. The number of aryl methyl sites for hydroxylation is 1. The van der Waals surface area contributed by atoms with Crippen LogP contribution in [0.15, 0.2) is 60.7 Å². The highest BCUT2D eigenvalue weighted by atomic mass is 16.1. The lowest BCUT2D eigenvalue weighted by molar-refractivity contribution is 0.0948. The highest BCUT2D eigenvalue weighted by Crippen LogP contribution is 2.18. The van der Waals surface area contributed by atoms with Crippen LogP contribution in [0.2, 0.25) is 0 Å². The third-order valence-corrected chi connectivity index (χ3v) is 4.08. The zero-order valence-electron chi connectivity index (χ0n) is 15.7. The van der Waals surface area contributed by atoms with Gasteiger partial charge in [0.15, 0.2) is 5.82 Å². The minimum atomic E-state index is -0.185. The average Bonchev–Trinajstić information content (AvgIpc) is 2.71. The molecule has 1 heterocycles. The van der Waals surface area contributed by atoms with Crippen LogP contribution >= 0.6 is 0 Å². The summed E-state index contributed by atoms with van der Waals surface area (Å²) in [5, 5.41) is 6.20. The SMILES string of the molecule is CCCNC(=O)c1cc(NCc2cccc(C)c2)nc(-c2ccccc2)n1. The first-order valence-corrected chi connectivity index (χ1v) is 9.18. The number of nitrogens with one attached hydrogen (secondary N) is 2. The van der Waals surface area contributed by atoms with E-state index in [0.717, 1.165) is 17.5 Å². The largest absolute Gasteiger partial charge is 0.366 e. The molecule has 1 amide bonds. The number of amides is 1. The molecule has 0 aliphatic rings. The first-order chi connectivity index (χ1) is 13.2. The fraction of sp³-hybridized carbons (Fsp3) is 0.227. The number of hydrogen-bond donors (Lipinski definition) is 2. The molecule has 138 valence electrons. The van der Waals surface area contributed by atoms with Crippen molar-refractivity contribution in [2.45, 2.75) is 26.8 Å². The molecule has 0 atom stereocenters. The maximum atomic E-state index is 12.4. The summed E-state index contributed by atoms with van der Waals surface area (Å²) >= 11 is 0. The maximum absolute atomic E-state index is 12.4. The molecule has 0 bridgehead atoms. The van der Waals surface area contributed by atoms with Gasteiger partial charge in [0, 0.05) is 24.7 Å². The summed E-state index contributed by atoms with van der Waals surface area (Å²) in [5.74, 6) is 0.980. The summed E-state index contributed by atoms with van der Waals surface area (Å²) in [4.78, 5) is 21.5. The number of aromatic nitrogens is 2. The van der Waals surface area contributed by atoms with Gasteiger partial charge in [0.05, 0.1) is 0 Å². The first-order valence-electron chi connectivity index (χ1n) is 9.18. The molecule has 3 aromatic rings. The lowest BCUT2D eigenvalue weighted by Crippen LogP contribution is -2.25. The summed E-state index contributed by atoms with van der Waals surface area (Å²) in [7, 11) is 0. The summed E-state index contributed by atoms with van der Waals surface area (Å²) in [6.07, 6.45) is 0.876. The van der Waals surface area contributed by atoms with E-state index in [1.54, 1.807) is 6.07 Å². The van der Waals surface area contributed by atoms with Crippen LogP contribution in [0.4, 0.5) is 5.82 Å². The van der Waals surface area contributed by atoms with Crippen molar-refractivity contribution in [2.75, 3.05) is 11.9 Å². The number of carbonyl (C=O) groups is 1. The first kappa shape index (κ1) is 18.6. The quantitative estimate of drug-likeness (QED) is 0.662. The molecule has 3 rings (SSSR count). The number of nitrogens with zero attached hydrogens (tertiary/aromatic N) is 2. The van der Waals surface area contributed by atoms with E-state index in [2.05, 4.69) is 45.7 Å². The third kappa shape index (κ3) is 5.14. The summed E-state index contributed by atoms with van der Waals surface area (Å²) in [5.41, 5.74) is 3.61. The molecule has 0 saturated carbocycles. The predicted octanol–water partition coefficient (Wildman–Crippen LogP) is 4.20. The second kappa shape index (κ2) is 8.94. The van der Waals surface area contributed by atoms with Gasteiger partial charge in [-0.05, 0) is 18.9 Å². The standard InChI is InChI=1S/C22H24N4O/c1-3-12-23-22(27)19-14-20(24-15-17-9-7-8-16(2)13-17)26-21(25-19)18-10-5-4-6-11-18/h4-11,13-14H,3,12,15H2,1-2H3,(H,23,27)(H,24,25,26). The van der Waals surface area contributed by atoms with Crippen LogP contribution in [-0.2, 0) is 6.54 Å². The molecule has 0 aliphatic heterocycles. The van der Waals surface area contributed by atoms with Gasteiger partial charge in [0.25, 0.3) is 5.91 Å². The van der Waals surface area contributed by atoms with Gasteiger partial charge >= 0.3 is 0 Å². The normalized spacial score (nSPS) is 10.4. The number of hydrogen-bond acceptors (Lipinski definition) is 4. The Kier molecular flexibility index (Phi) is 6.15. The van der Waals surface area contributed by atoms with Crippen LogP contribution in [-0.4, -0.2) is 22.4 Å². The van der Waals surface area contributed by atoms with Crippen LogP contribution in [0, 0.1) is 6.92 Å². The Morgan fingerprint density at radius 2 is 1.81 bits per heavy atom. The van der Waals surface area contributed by atoms with E-state index >= 15 is 0 Å². The molecule has 27 heavy (non-hydrogen) atoms.